The molecule has 0 atom stereocenters. The van der Waals surface area contributed by atoms with Crippen LogP contribution < -0.4 is 10.1 Å². The van der Waals surface area contributed by atoms with E-state index in [0.29, 0.717) is 22.0 Å². The number of amides is 1. The molecule has 0 saturated heterocycles. The molecular weight excluding hydrogens is 455 g/mol. The third-order valence-electron chi connectivity index (χ3n) is 4.71. The number of methoxy groups -OCH3 is 1. The summed E-state index contributed by atoms with van der Waals surface area (Å²) >= 11 is 6.21. The van der Waals surface area contributed by atoms with Gasteiger partial charge >= 0.3 is 0 Å². The number of aryl methyl sites for hydroxylation is 1. The molecular formula is C23H22ClFN2O4S. The minimum absolute atomic E-state index is 0.214. The molecule has 0 spiro atoms. The Kier molecular flexibility index (Phi) is 7.50. The lowest BCUT2D eigenvalue weighted by Gasteiger charge is -2.23. The molecule has 0 aliphatic heterocycles. The number of halogens is 2. The maximum absolute atomic E-state index is 14.3. The second-order valence-corrected chi connectivity index (χ2v) is 9.36. The second-order valence-electron chi connectivity index (χ2n) is 7.05. The van der Waals surface area contributed by atoms with E-state index in [-0.39, 0.29) is 6.54 Å². The molecule has 3 aromatic carbocycles. The van der Waals surface area contributed by atoms with Gasteiger partial charge in [0.25, 0.3) is 0 Å². The van der Waals surface area contributed by atoms with Crippen molar-refractivity contribution in [1.29, 1.82) is 0 Å². The van der Waals surface area contributed by atoms with Crippen molar-refractivity contribution in [1.82, 2.24) is 4.31 Å². The zero-order chi connectivity index (χ0) is 23.3. The van der Waals surface area contributed by atoms with Gasteiger partial charge in [0, 0.05) is 11.6 Å². The first kappa shape index (κ1) is 23.7. The van der Waals surface area contributed by atoms with Crippen molar-refractivity contribution in [3.05, 3.63) is 88.7 Å². The minimum Gasteiger partial charge on any atom is -0.495 e. The number of nitrogens with one attached hydrogen (secondary N) is 1. The fourth-order valence-electron chi connectivity index (χ4n) is 3.10. The third kappa shape index (κ3) is 5.45. The Bertz CT molecular complexity index is 1230. The van der Waals surface area contributed by atoms with Gasteiger partial charge in [0.15, 0.2) is 0 Å². The SMILES string of the molecule is COc1ccc(C)cc1NC(=O)CN(Cc1ccccc1Cl)S(=O)(=O)c1ccccc1F. The fraction of sp³-hybridized carbons (Fsp3) is 0.174. The van der Waals surface area contributed by atoms with E-state index >= 15 is 0 Å². The molecule has 0 aromatic heterocycles. The van der Waals surface area contributed by atoms with Crippen LogP contribution in [0.2, 0.25) is 5.02 Å². The lowest BCUT2D eigenvalue weighted by Crippen LogP contribution is -2.38. The van der Waals surface area contributed by atoms with Gasteiger partial charge in [0.1, 0.15) is 16.5 Å². The quantitative estimate of drug-likeness (QED) is 0.514. The van der Waals surface area contributed by atoms with Gasteiger partial charge in [0.05, 0.1) is 19.3 Å². The molecule has 3 aromatic rings. The van der Waals surface area contributed by atoms with Crippen molar-refractivity contribution in [3.63, 3.8) is 0 Å². The van der Waals surface area contributed by atoms with Gasteiger partial charge in [-0.15, -0.1) is 0 Å². The number of carbonyl (C=O) groups excluding carboxylic acids is 1. The van der Waals surface area contributed by atoms with Gasteiger partial charge in [-0.05, 0) is 48.4 Å². The van der Waals surface area contributed by atoms with E-state index < -0.39 is 33.2 Å². The summed E-state index contributed by atoms with van der Waals surface area (Å²) in [5.41, 5.74) is 1.77. The largest absolute Gasteiger partial charge is 0.495 e. The van der Waals surface area contributed by atoms with E-state index in [0.717, 1.165) is 22.0 Å². The number of ether oxygens (including phenoxy) is 1. The number of rotatable bonds is 8. The molecule has 0 fully saturated rings. The summed E-state index contributed by atoms with van der Waals surface area (Å²) in [6.45, 7) is 1.08. The highest BCUT2D eigenvalue weighted by Crippen LogP contribution is 2.27. The lowest BCUT2D eigenvalue weighted by molar-refractivity contribution is -0.116. The molecule has 0 bridgehead atoms. The standard InChI is InChI=1S/C23H22ClFN2O4S/c1-16-11-12-21(31-2)20(13-16)26-23(28)15-27(14-17-7-3-4-8-18(17)24)32(29,30)22-10-6-5-9-19(22)25/h3-13H,14-15H2,1-2H3,(H,26,28). The van der Waals surface area contributed by atoms with Crippen LogP contribution in [-0.2, 0) is 21.4 Å². The number of nitrogens with zero attached hydrogens (tertiary/aromatic N) is 1. The minimum atomic E-state index is -4.35. The molecule has 6 nitrogen and oxygen atoms in total. The van der Waals surface area contributed by atoms with E-state index in [1.807, 2.05) is 13.0 Å². The zero-order valence-corrected chi connectivity index (χ0v) is 19.1. The molecule has 3 rings (SSSR count). The van der Waals surface area contributed by atoms with Crippen LogP contribution in [0, 0.1) is 12.7 Å². The van der Waals surface area contributed by atoms with Crippen molar-refractivity contribution in [3.8, 4) is 5.75 Å². The zero-order valence-electron chi connectivity index (χ0n) is 17.5. The normalized spacial score (nSPS) is 11.4. The summed E-state index contributed by atoms with van der Waals surface area (Å²) < 4.78 is 47.0. The van der Waals surface area contributed by atoms with Gasteiger partial charge < -0.3 is 10.1 Å². The summed E-state index contributed by atoms with van der Waals surface area (Å²) in [6, 6.07) is 16.9. The van der Waals surface area contributed by atoms with Crippen LogP contribution in [0.1, 0.15) is 11.1 Å². The molecule has 1 N–H and O–H groups in total. The number of anilines is 1. The van der Waals surface area contributed by atoms with Gasteiger partial charge in [-0.1, -0.05) is 48.0 Å². The highest BCUT2D eigenvalue weighted by Gasteiger charge is 2.30. The monoisotopic (exact) mass is 476 g/mol. The number of benzene rings is 3. The maximum Gasteiger partial charge on any atom is 0.246 e. The van der Waals surface area contributed by atoms with Crippen molar-refractivity contribution in [2.45, 2.75) is 18.4 Å². The van der Waals surface area contributed by atoms with Crippen molar-refractivity contribution in [2.24, 2.45) is 0 Å². The Balaban J connectivity index is 1.94. The predicted octanol–water partition coefficient (Wildman–Crippen LogP) is 4.63. The Morgan fingerprint density at radius 3 is 2.47 bits per heavy atom. The van der Waals surface area contributed by atoms with Crippen LogP contribution in [0.15, 0.2) is 71.6 Å². The van der Waals surface area contributed by atoms with Gasteiger partial charge in [-0.25, -0.2) is 12.8 Å². The number of hydrogen-bond donors (Lipinski definition) is 1. The highest BCUT2D eigenvalue weighted by atomic mass is 35.5. The number of sulfonamides is 1. The molecule has 9 heteroatoms. The third-order valence-corrected chi connectivity index (χ3v) is 6.90. The summed E-state index contributed by atoms with van der Waals surface area (Å²) in [5, 5.41) is 3.01. The molecule has 0 saturated carbocycles. The van der Waals surface area contributed by atoms with Crippen LogP contribution in [-0.4, -0.2) is 32.3 Å². The molecule has 0 aliphatic carbocycles. The molecule has 1 amide bonds. The van der Waals surface area contributed by atoms with Crippen LogP contribution in [0.5, 0.6) is 5.75 Å². The van der Waals surface area contributed by atoms with E-state index in [1.54, 1.807) is 36.4 Å². The van der Waals surface area contributed by atoms with Crippen LogP contribution >= 0.6 is 11.6 Å². The van der Waals surface area contributed by atoms with Crippen molar-refractivity contribution >= 4 is 33.2 Å². The lowest BCUT2D eigenvalue weighted by atomic mass is 10.2. The van der Waals surface area contributed by atoms with E-state index in [1.165, 1.54) is 19.2 Å². The summed E-state index contributed by atoms with van der Waals surface area (Å²) in [7, 11) is -2.89. The van der Waals surface area contributed by atoms with Crippen LogP contribution in [0.4, 0.5) is 10.1 Å². The summed E-state index contributed by atoms with van der Waals surface area (Å²) in [6.07, 6.45) is 0. The smallest absolute Gasteiger partial charge is 0.246 e. The van der Waals surface area contributed by atoms with Gasteiger partial charge in [-0.3, -0.25) is 4.79 Å². The number of hydrogen-bond acceptors (Lipinski definition) is 4. The van der Waals surface area contributed by atoms with Gasteiger partial charge in [-0.2, -0.15) is 4.31 Å². The van der Waals surface area contributed by atoms with Crippen molar-refractivity contribution in [2.75, 3.05) is 19.0 Å². The highest BCUT2D eigenvalue weighted by molar-refractivity contribution is 7.89. The maximum atomic E-state index is 14.3. The Morgan fingerprint density at radius 2 is 1.78 bits per heavy atom. The second kappa shape index (κ2) is 10.1. The first-order valence-electron chi connectivity index (χ1n) is 9.65. The van der Waals surface area contributed by atoms with Crippen LogP contribution in [0.25, 0.3) is 0 Å². The average molecular weight is 477 g/mol. The Hall–Kier alpha value is -2.94. The molecule has 32 heavy (non-hydrogen) atoms. The van der Waals surface area contributed by atoms with E-state index in [9.17, 15) is 17.6 Å². The fourth-order valence-corrected chi connectivity index (χ4v) is 4.74. The Labute approximate surface area is 191 Å². The Morgan fingerprint density at radius 1 is 1.09 bits per heavy atom. The summed E-state index contributed by atoms with van der Waals surface area (Å²) in [5.74, 6) is -1.09. The van der Waals surface area contributed by atoms with Gasteiger partial charge in [0.2, 0.25) is 15.9 Å². The van der Waals surface area contributed by atoms with Crippen LogP contribution in [0.3, 0.4) is 0 Å². The van der Waals surface area contributed by atoms with E-state index in [2.05, 4.69) is 5.32 Å². The first-order chi connectivity index (χ1) is 15.2. The number of carbonyl (C=O) groups is 1. The predicted molar refractivity (Wildman–Crippen MR) is 122 cm³/mol. The molecule has 0 heterocycles. The molecule has 0 radical (unpaired) electrons. The molecule has 168 valence electrons. The summed E-state index contributed by atoms with van der Waals surface area (Å²) in [4.78, 5) is 12.3. The first-order valence-corrected chi connectivity index (χ1v) is 11.5. The molecule has 0 unspecified atom stereocenters. The average Bonchev–Trinajstić information content (AvgIpc) is 2.75. The topological polar surface area (TPSA) is 75.7 Å². The van der Waals surface area contributed by atoms with E-state index in [4.69, 9.17) is 16.3 Å². The van der Waals surface area contributed by atoms with Crippen molar-refractivity contribution < 1.29 is 22.3 Å². The molecule has 0 aliphatic rings.